The standard InChI is InChI=1S/C8H16N4O2S/c1-2-3-10-6(13)4-5-7(14)11-8(12-9)15-5/h5,8,12H,2-4,9H2,1H3,(H,10,13)(H,11,14). The third-order valence-electron chi connectivity index (χ3n) is 1.96. The molecule has 1 fully saturated rings. The van der Waals surface area contributed by atoms with Crippen LogP contribution in [0.15, 0.2) is 0 Å². The molecule has 0 radical (unpaired) electrons. The van der Waals surface area contributed by atoms with Gasteiger partial charge in [-0.25, -0.2) is 5.43 Å². The van der Waals surface area contributed by atoms with E-state index in [4.69, 9.17) is 5.84 Å². The molecule has 1 rings (SSSR count). The van der Waals surface area contributed by atoms with Gasteiger partial charge in [-0.15, -0.1) is 11.8 Å². The molecule has 86 valence electrons. The van der Waals surface area contributed by atoms with Crippen molar-refractivity contribution in [3.63, 3.8) is 0 Å². The number of nitrogens with two attached hydrogens (primary N) is 1. The summed E-state index contributed by atoms with van der Waals surface area (Å²) < 4.78 is 0. The van der Waals surface area contributed by atoms with Crippen LogP contribution >= 0.6 is 11.8 Å². The van der Waals surface area contributed by atoms with Crippen LogP contribution < -0.4 is 21.9 Å². The number of rotatable bonds is 5. The lowest BCUT2D eigenvalue weighted by molar-refractivity contribution is -0.125. The molecule has 0 saturated carbocycles. The molecule has 1 aliphatic heterocycles. The number of hydrazine groups is 1. The maximum Gasteiger partial charge on any atom is 0.235 e. The topological polar surface area (TPSA) is 96.2 Å². The van der Waals surface area contributed by atoms with Gasteiger partial charge in [0.05, 0.1) is 5.25 Å². The summed E-state index contributed by atoms with van der Waals surface area (Å²) in [4.78, 5) is 22.7. The van der Waals surface area contributed by atoms with E-state index in [0.29, 0.717) is 6.54 Å². The normalized spacial score (nSPS) is 25.1. The van der Waals surface area contributed by atoms with Crippen LogP contribution in [0.2, 0.25) is 0 Å². The lowest BCUT2D eigenvalue weighted by Gasteiger charge is -2.07. The molecule has 2 amide bonds. The van der Waals surface area contributed by atoms with Gasteiger partial charge in [-0.05, 0) is 6.42 Å². The van der Waals surface area contributed by atoms with Crippen molar-refractivity contribution in [3.8, 4) is 0 Å². The molecule has 0 aromatic heterocycles. The Hall–Kier alpha value is -0.790. The van der Waals surface area contributed by atoms with Crippen molar-refractivity contribution < 1.29 is 9.59 Å². The highest BCUT2D eigenvalue weighted by molar-refractivity contribution is 8.01. The van der Waals surface area contributed by atoms with Gasteiger partial charge in [0, 0.05) is 13.0 Å². The fourth-order valence-electron chi connectivity index (χ4n) is 1.21. The van der Waals surface area contributed by atoms with Crippen molar-refractivity contribution >= 4 is 23.6 Å². The zero-order valence-corrected chi connectivity index (χ0v) is 9.39. The zero-order chi connectivity index (χ0) is 11.3. The summed E-state index contributed by atoms with van der Waals surface area (Å²) in [6.45, 7) is 2.63. The fourth-order valence-corrected chi connectivity index (χ4v) is 2.24. The minimum Gasteiger partial charge on any atom is -0.356 e. The average molecular weight is 232 g/mol. The van der Waals surface area contributed by atoms with Crippen molar-refractivity contribution in [2.75, 3.05) is 6.54 Å². The van der Waals surface area contributed by atoms with Crippen LogP contribution in [0.3, 0.4) is 0 Å². The monoisotopic (exact) mass is 232 g/mol. The highest BCUT2D eigenvalue weighted by atomic mass is 32.2. The maximum atomic E-state index is 11.3. The quantitative estimate of drug-likeness (QED) is 0.356. The Kier molecular flexibility index (Phi) is 4.86. The van der Waals surface area contributed by atoms with Crippen LogP contribution in [0.25, 0.3) is 0 Å². The first-order chi connectivity index (χ1) is 7.17. The van der Waals surface area contributed by atoms with Gasteiger partial charge in [-0.2, -0.15) is 0 Å². The molecule has 2 atom stereocenters. The van der Waals surface area contributed by atoms with Gasteiger partial charge in [0.2, 0.25) is 11.8 Å². The van der Waals surface area contributed by atoms with Crippen molar-refractivity contribution in [2.24, 2.45) is 5.84 Å². The van der Waals surface area contributed by atoms with Gasteiger partial charge >= 0.3 is 0 Å². The van der Waals surface area contributed by atoms with Crippen molar-refractivity contribution in [1.82, 2.24) is 16.1 Å². The molecular weight excluding hydrogens is 216 g/mol. The van der Waals surface area contributed by atoms with E-state index >= 15 is 0 Å². The third kappa shape index (κ3) is 3.69. The lowest BCUT2D eigenvalue weighted by atomic mass is 10.2. The Morgan fingerprint density at radius 1 is 1.67 bits per heavy atom. The van der Waals surface area contributed by atoms with Gasteiger partial charge in [0.15, 0.2) is 0 Å². The molecule has 1 saturated heterocycles. The molecule has 0 aliphatic carbocycles. The smallest absolute Gasteiger partial charge is 0.235 e. The van der Waals surface area contributed by atoms with E-state index in [1.807, 2.05) is 6.92 Å². The predicted molar refractivity (Wildman–Crippen MR) is 58.6 cm³/mol. The van der Waals surface area contributed by atoms with E-state index in [1.165, 1.54) is 11.8 Å². The Morgan fingerprint density at radius 3 is 2.93 bits per heavy atom. The second-order valence-corrected chi connectivity index (χ2v) is 4.55. The zero-order valence-electron chi connectivity index (χ0n) is 8.58. The van der Waals surface area contributed by atoms with Crippen LogP contribution in [-0.2, 0) is 9.59 Å². The number of carbonyl (C=O) groups excluding carboxylic acids is 2. The fraction of sp³-hybridized carbons (Fsp3) is 0.750. The molecular formula is C8H16N4O2S. The van der Waals surface area contributed by atoms with Gasteiger partial charge < -0.3 is 10.6 Å². The molecule has 1 aliphatic rings. The van der Waals surface area contributed by atoms with E-state index in [-0.39, 0.29) is 29.0 Å². The largest absolute Gasteiger partial charge is 0.356 e. The highest BCUT2D eigenvalue weighted by Gasteiger charge is 2.33. The molecule has 2 unspecified atom stereocenters. The summed E-state index contributed by atoms with van der Waals surface area (Å²) in [5.41, 5.74) is 2.15. The molecule has 0 bridgehead atoms. The first kappa shape index (κ1) is 12.3. The van der Waals surface area contributed by atoms with E-state index < -0.39 is 0 Å². The summed E-state index contributed by atoms with van der Waals surface area (Å²) in [6, 6.07) is 0. The number of nitrogens with one attached hydrogen (secondary N) is 3. The first-order valence-electron chi connectivity index (χ1n) is 4.86. The summed E-state index contributed by atoms with van der Waals surface area (Å²) in [5.74, 6) is 4.94. The van der Waals surface area contributed by atoms with E-state index in [1.54, 1.807) is 0 Å². The van der Waals surface area contributed by atoms with Crippen LogP contribution in [0, 0.1) is 0 Å². The van der Waals surface area contributed by atoms with Crippen molar-refractivity contribution in [2.45, 2.75) is 30.5 Å². The molecule has 1 heterocycles. The van der Waals surface area contributed by atoms with Gasteiger partial charge in [-0.3, -0.25) is 15.4 Å². The van der Waals surface area contributed by atoms with E-state index in [9.17, 15) is 9.59 Å². The van der Waals surface area contributed by atoms with E-state index in [2.05, 4.69) is 16.1 Å². The lowest BCUT2D eigenvalue weighted by Crippen LogP contribution is -2.41. The van der Waals surface area contributed by atoms with Crippen LogP contribution in [0.4, 0.5) is 0 Å². The maximum absolute atomic E-state index is 11.3. The third-order valence-corrected chi connectivity index (χ3v) is 3.20. The minimum atomic E-state index is -0.345. The molecule has 15 heavy (non-hydrogen) atoms. The Labute approximate surface area is 92.7 Å². The summed E-state index contributed by atoms with van der Waals surface area (Å²) in [6.07, 6.45) is 1.09. The Balaban J connectivity index is 2.32. The average Bonchev–Trinajstić information content (AvgIpc) is 2.57. The number of hydrogen-bond acceptors (Lipinski definition) is 5. The van der Waals surface area contributed by atoms with Gasteiger partial charge in [0.1, 0.15) is 5.50 Å². The van der Waals surface area contributed by atoms with Crippen LogP contribution in [0.5, 0.6) is 0 Å². The highest BCUT2D eigenvalue weighted by Crippen LogP contribution is 2.23. The number of thioether (sulfide) groups is 1. The van der Waals surface area contributed by atoms with Gasteiger partial charge in [-0.1, -0.05) is 6.92 Å². The predicted octanol–water partition coefficient (Wildman–Crippen LogP) is -1.12. The molecule has 5 N–H and O–H groups in total. The Bertz CT molecular complexity index is 249. The van der Waals surface area contributed by atoms with Crippen molar-refractivity contribution in [1.29, 1.82) is 0 Å². The number of amides is 2. The molecule has 0 aromatic carbocycles. The molecule has 6 nitrogen and oxygen atoms in total. The summed E-state index contributed by atoms with van der Waals surface area (Å²) in [7, 11) is 0. The molecule has 7 heteroatoms. The van der Waals surface area contributed by atoms with E-state index in [0.717, 1.165) is 6.42 Å². The molecule has 0 aromatic rings. The number of carbonyl (C=O) groups is 2. The van der Waals surface area contributed by atoms with Crippen molar-refractivity contribution in [3.05, 3.63) is 0 Å². The van der Waals surface area contributed by atoms with Crippen LogP contribution in [0.1, 0.15) is 19.8 Å². The summed E-state index contributed by atoms with van der Waals surface area (Å²) >= 11 is 1.32. The molecule has 0 spiro atoms. The van der Waals surface area contributed by atoms with Crippen LogP contribution in [-0.4, -0.2) is 29.1 Å². The second kappa shape index (κ2) is 5.94. The SMILES string of the molecule is CCCNC(=O)CC1SC(NN)NC1=O. The number of hydrogen-bond donors (Lipinski definition) is 4. The minimum absolute atomic E-state index is 0.0952. The second-order valence-electron chi connectivity index (χ2n) is 3.23. The Morgan fingerprint density at radius 2 is 2.40 bits per heavy atom. The van der Waals surface area contributed by atoms with Gasteiger partial charge in [0.25, 0.3) is 0 Å². The first-order valence-corrected chi connectivity index (χ1v) is 5.80. The summed E-state index contributed by atoms with van der Waals surface area (Å²) in [5, 5.41) is 5.01.